The number of aldehydes is 1. The number of carbonyl (C=O) groups is 1. The maximum Gasteiger partial charge on any atom is 0.435 e. The second kappa shape index (κ2) is 2.62. The lowest BCUT2D eigenvalue weighted by atomic mass is 10.3. The van der Waals surface area contributed by atoms with E-state index in [9.17, 15) is 18.0 Å². The molecule has 3 nitrogen and oxygen atoms in total. The number of alkyl halides is 3. The Hall–Kier alpha value is -1.33. The Morgan fingerprint density at radius 2 is 2.17 bits per heavy atom. The van der Waals surface area contributed by atoms with E-state index in [0.29, 0.717) is 0 Å². The van der Waals surface area contributed by atoms with Gasteiger partial charge in [0, 0.05) is 7.05 Å². The van der Waals surface area contributed by atoms with E-state index >= 15 is 0 Å². The molecule has 1 aromatic rings. The van der Waals surface area contributed by atoms with Crippen molar-refractivity contribution >= 4 is 6.29 Å². The van der Waals surface area contributed by atoms with Gasteiger partial charge in [-0.2, -0.15) is 13.2 Å². The van der Waals surface area contributed by atoms with E-state index < -0.39 is 17.6 Å². The van der Waals surface area contributed by atoms with Crippen molar-refractivity contribution in [2.75, 3.05) is 0 Å². The van der Waals surface area contributed by atoms with Gasteiger partial charge in [0.1, 0.15) is 5.69 Å². The van der Waals surface area contributed by atoms with Crippen LogP contribution < -0.4 is 0 Å². The van der Waals surface area contributed by atoms with Crippen LogP contribution in [-0.2, 0) is 13.2 Å². The SMILES string of the molecule is Cn1cnc(C(F)(F)F)c1C=O. The van der Waals surface area contributed by atoms with Crippen LogP contribution in [0.1, 0.15) is 16.2 Å². The highest BCUT2D eigenvalue weighted by atomic mass is 19.4. The molecule has 1 heterocycles. The summed E-state index contributed by atoms with van der Waals surface area (Å²) >= 11 is 0. The van der Waals surface area contributed by atoms with Crippen LogP contribution in [-0.4, -0.2) is 15.8 Å². The van der Waals surface area contributed by atoms with Gasteiger partial charge in [-0.05, 0) is 0 Å². The first-order valence-electron chi connectivity index (χ1n) is 3.00. The molecule has 0 radical (unpaired) electrons. The van der Waals surface area contributed by atoms with E-state index in [-0.39, 0.29) is 6.29 Å². The van der Waals surface area contributed by atoms with Gasteiger partial charge < -0.3 is 4.57 Å². The molecule has 0 fully saturated rings. The number of imidazole rings is 1. The zero-order valence-electron chi connectivity index (χ0n) is 6.09. The van der Waals surface area contributed by atoms with Crippen molar-refractivity contribution in [1.82, 2.24) is 9.55 Å². The first kappa shape index (κ1) is 8.76. The van der Waals surface area contributed by atoms with Gasteiger partial charge in [-0.3, -0.25) is 4.79 Å². The van der Waals surface area contributed by atoms with Crippen molar-refractivity contribution in [2.45, 2.75) is 6.18 Å². The van der Waals surface area contributed by atoms with Crippen molar-refractivity contribution in [1.29, 1.82) is 0 Å². The predicted octanol–water partition coefficient (Wildman–Crippen LogP) is 1.25. The molecule has 0 aliphatic heterocycles. The lowest BCUT2D eigenvalue weighted by molar-refractivity contribution is -0.141. The third kappa shape index (κ3) is 1.32. The molecule has 1 aromatic heterocycles. The maximum atomic E-state index is 12.0. The molecule has 0 spiro atoms. The summed E-state index contributed by atoms with van der Waals surface area (Å²) in [6.07, 6.45) is -3.47. The Morgan fingerprint density at radius 1 is 1.58 bits per heavy atom. The fourth-order valence-corrected chi connectivity index (χ4v) is 0.797. The lowest BCUT2D eigenvalue weighted by Crippen LogP contribution is -2.10. The van der Waals surface area contributed by atoms with Crippen molar-refractivity contribution < 1.29 is 18.0 Å². The van der Waals surface area contributed by atoms with E-state index in [2.05, 4.69) is 4.98 Å². The zero-order valence-corrected chi connectivity index (χ0v) is 6.09. The molecule has 0 unspecified atom stereocenters. The van der Waals surface area contributed by atoms with Crippen LogP contribution in [0, 0.1) is 0 Å². The number of carbonyl (C=O) groups excluding carboxylic acids is 1. The summed E-state index contributed by atoms with van der Waals surface area (Å²) in [5.74, 6) is 0. The second-order valence-corrected chi connectivity index (χ2v) is 2.20. The number of nitrogens with zero attached hydrogens (tertiary/aromatic N) is 2. The van der Waals surface area contributed by atoms with E-state index in [1.165, 1.54) is 7.05 Å². The highest BCUT2D eigenvalue weighted by Gasteiger charge is 2.36. The molecular formula is C6H5F3N2O. The van der Waals surface area contributed by atoms with E-state index in [0.717, 1.165) is 10.9 Å². The van der Waals surface area contributed by atoms with Crippen molar-refractivity contribution in [2.24, 2.45) is 7.05 Å². The Balaban J connectivity index is 3.25. The molecule has 0 bridgehead atoms. The molecule has 6 heteroatoms. The minimum Gasteiger partial charge on any atom is -0.331 e. The van der Waals surface area contributed by atoms with Crippen LogP contribution in [0.4, 0.5) is 13.2 Å². The summed E-state index contributed by atoms with van der Waals surface area (Å²) in [5, 5.41) is 0. The molecule has 0 aliphatic carbocycles. The van der Waals surface area contributed by atoms with Gasteiger partial charge in [0.15, 0.2) is 12.0 Å². The first-order chi connectivity index (χ1) is 5.46. The fraction of sp³-hybridized carbons (Fsp3) is 0.333. The van der Waals surface area contributed by atoms with Crippen LogP contribution in [0.2, 0.25) is 0 Å². The van der Waals surface area contributed by atoms with Crippen molar-refractivity contribution in [3.8, 4) is 0 Å². The predicted molar refractivity (Wildman–Crippen MR) is 33.6 cm³/mol. The Labute approximate surface area is 65.8 Å². The van der Waals surface area contributed by atoms with Crippen molar-refractivity contribution in [3.63, 3.8) is 0 Å². The number of hydrogen-bond donors (Lipinski definition) is 0. The molecule has 66 valence electrons. The average Bonchev–Trinajstić information content (AvgIpc) is 2.29. The maximum absolute atomic E-state index is 12.0. The topological polar surface area (TPSA) is 34.9 Å². The monoisotopic (exact) mass is 178 g/mol. The molecule has 0 aliphatic rings. The molecule has 0 saturated carbocycles. The van der Waals surface area contributed by atoms with Gasteiger partial charge in [0.25, 0.3) is 0 Å². The molecule has 1 rings (SSSR count). The summed E-state index contributed by atoms with van der Waals surface area (Å²) in [6, 6.07) is 0. The number of rotatable bonds is 1. The lowest BCUT2D eigenvalue weighted by Gasteiger charge is -2.02. The summed E-state index contributed by atoms with van der Waals surface area (Å²) < 4.78 is 37.1. The molecule has 0 aromatic carbocycles. The van der Waals surface area contributed by atoms with Gasteiger partial charge >= 0.3 is 6.18 Å². The number of halogens is 3. The minimum atomic E-state index is -4.56. The smallest absolute Gasteiger partial charge is 0.331 e. The van der Waals surface area contributed by atoms with Crippen LogP contribution in [0.15, 0.2) is 6.33 Å². The first-order valence-corrected chi connectivity index (χ1v) is 3.00. The van der Waals surface area contributed by atoms with Gasteiger partial charge in [0.2, 0.25) is 0 Å². The van der Waals surface area contributed by atoms with Crippen LogP contribution in [0.25, 0.3) is 0 Å². The molecule has 12 heavy (non-hydrogen) atoms. The van der Waals surface area contributed by atoms with Gasteiger partial charge in [-0.15, -0.1) is 0 Å². The van der Waals surface area contributed by atoms with Gasteiger partial charge in [-0.1, -0.05) is 0 Å². The zero-order chi connectivity index (χ0) is 9.35. The van der Waals surface area contributed by atoms with Crippen LogP contribution in [0.3, 0.4) is 0 Å². The Bertz CT molecular complexity index is 302. The highest BCUT2D eigenvalue weighted by molar-refractivity contribution is 5.74. The normalized spacial score (nSPS) is 11.7. The molecular weight excluding hydrogens is 173 g/mol. The van der Waals surface area contributed by atoms with E-state index in [1.807, 2.05) is 0 Å². The van der Waals surface area contributed by atoms with E-state index in [1.54, 1.807) is 0 Å². The quantitative estimate of drug-likeness (QED) is 0.606. The molecule has 0 saturated heterocycles. The van der Waals surface area contributed by atoms with Crippen LogP contribution >= 0.6 is 0 Å². The van der Waals surface area contributed by atoms with E-state index in [4.69, 9.17) is 0 Å². The minimum absolute atomic E-state index is 0.135. The molecule has 0 N–H and O–H groups in total. The number of aromatic nitrogens is 2. The third-order valence-electron chi connectivity index (χ3n) is 1.36. The van der Waals surface area contributed by atoms with Gasteiger partial charge in [0.05, 0.1) is 6.33 Å². The largest absolute Gasteiger partial charge is 0.435 e. The van der Waals surface area contributed by atoms with Gasteiger partial charge in [-0.25, -0.2) is 4.98 Å². The fourth-order valence-electron chi connectivity index (χ4n) is 0.797. The summed E-state index contributed by atoms with van der Waals surface area (Å²) in [6.45, 7) is 0. The number of hydrogen-bond acceptors (Lipinski definition) is 2. The van der Waals surface area contributed by atoms with Crippen LogP contribution in [0.5, 0.6) is 0 Å². The highest BCUT2D eigenvalue weighted by Crippen LogP contribution is 2.29. The standard InChI is InChI=1S/C6H5F3N2O/c1-11-3-10-5(4(11)2-12)6(7,8)9/h2-3H,1H3. The third-order valence-corrected chi connectivity index (χ3v) is 1.36. The Morgan fingerprint density at radius 3 is 2.50 bits per heavy atom. The average molecular weight is 178 g/mol. The molecule has 0 amide bonds. The van der Waals surface area contributed by atoms with Crippen molar-refractivity contribution in [3.05, 3.63) is 17.7 Å². The molecule has 0 atom stereocenters. The summed E-state index contributed by atoms with van der Waals surface area (Å²) in [5.41, 5.74) is -1.59. The summed E-state index contributed by atoms with van der Waals surface area (Å²) in [7, 11) is 1.33. The number of aryl methyl sites for hydroxylation is 1. The second-order valence-electron chi connectivity index (χ2n) is 2.20. The summed E-state index contributed by atoms with van der Waals surface area (Å²) in [4.78, 5) is 13.3. The Kier molecular flexibility index (Phi) is 1.91.